The molecule has 4 nitrogen and oxygen atoms in total. The van der Waals surface area contributed by atoms with Gasteiger partial charge in [-0.3, -0.25) is 10.1 Å². The smallest absolute Gasteiger partial charge is 0.0810 e. The minimum atomic E-state index is 0.709. The second-order valence-electron chi connectivity index (χ2n) is 4.95. The number of rotatable bonds is 4. The van der Waals surface area contributed by atoms with Crippen LogP contribution in [0.25, 0.3) is 21.5 Å². The van der Waals surface area contributed by atoms with Crippen molar-refractivity contribution < 1.29 is 0 Å². The normalized spacial score (nSPS) is 15.2. The largest absolute Gasteiger partial charge is 0.310 e. The Kier molecular flexibility index (Phi) is 2.60. The van der Waals surface area contributed by atoms with Gasteiger partial charge in [0.05, 0.1) is 22.1 Å². The first kappa shape index (κ1) is 11.1. The van der Waals surface area contributed by atoms with Crippen molar-refractivity contribution in [2.24, 2.45) is 0 Å². The van der Waals surface area contributed by atoms with Crippen molar-refractivity contribution in [2.45, 2.75) is 25.4 Å². The molecule has 1 saturated carbocycles. The summed E-state index contributed by atoms with van der Waals surface area (Å²) < 4.78 is 1.22. The van der Waals surface area contributed by atoms with E-state index in [1.165, 1.54) is 23.1 Å². The highest BCUT2D eigenvalue weighted by molar-refractivity contribution is 7.17. The zero-order chi connectivity index (χ0) is 12.7. The first-order valence-electron chi connectivity index (χ1n) is 6.49. The number of hydrogen-bond acceptors (Lipinski definition) is 4. The molecule has 0 saturated heterocycles. The van der Waals surface area contributed by atoms with Crippen LogP contribution < -0.4 is 5.32 Å². The molecular formula is C14H14N4S. The van der Waals surface area contributed by atoms with Crippen molar-refractivity contribution in [2.75, 3.05) is 0 Å². The summed E-state index contributed by atoms with van der Waals surface area (Å²) in [5.41, 5.74) is 4.46. The van der Waals surface area contributed by atoms with Crippen molar-refractivity contribution in [3.05, 3.63) is 35.5 Å². The lowest BCUT2D eigenvalue weighted by molar-refractivity contribution is 0.689. The number of hydrogen-bond donors (Lipinski definition) is 2. The second-order valence-corrected chi connectivity index (χ2v) is 5.90. The number of thiophene rings is 1. The van der Waals surface area contributed by atoms with Gasteiger partial charge in [-0.25, -0.2) is 0 Å². The third kappa shape index (κ3) is 2.15. The van der Waals surface area contributed by atoms with E-state index >= 15 is 0 Å². The molecular weight excluding hydrogens is 256 g/mol. The summed E-state index contributed by atoms with van der Waals surface area (Å²) in [4.78, 5) is 4.49. The van der Waals surface area contributed by atoms with E-state index < -0.39 is 0 Å². The maximum Gasteiger partial charge on any atom is 0.0810 e. The molecule has 1 aliphatic rings. The highest BCUT2D eigenvalue weighted by atomic mass is 32.1. The average Bonchev–Trinajstić information content (AvgIpc) is 2.97. The van der Waals surface area contributed by atoms with Gasteiger partial charge in [0.2, 0.25) is 0 Å². The Balaban J connectivity index is 1.67. The van der Waals surface area contributed by atoms with Gasteiger partial charge in [-0.1, -0.05) is 0 Å². The summed E-state index contributed by atoms with van der Waals surface area (Å²) in [5.74, 6) is 0. The molecule has 4 rings (SSSR count). The van der Waals surface area contributed by atoms with Gasteiger partial charge in [-0.05, 0) is 30.4 Å². The van der Waals surface area contributed by atoms with Crippen molar-refractivity contribution in [1.82, 2.24) is 20.5 Å². The van der Waals surface area contributed by atoms with Crippen LogP contribution in [-0.4, -0.2) is 21.2 Å². The van der Waals surface area contributed by atoms with E-state index in [4.69, 9.17) is 0 Å². The molecule has 0 atom stereocenters. The van der Waals surface area contributed by atoms with Crippen LogP contribution in [-0.2, 0) is 6.54 Å². The zero-order valence-electron chi connectivity index (χ0n) is 10.4. The lowest BCUT2D eigenvalue weighted by Crippen LogP contribution is -2.15. The molecule has 0 unspecified atom stereocenters. The first-order valence-corrected chi connectivity index (χ1v) is 7.37. The van der Waals surface area contributed by atoms with Gasteiger partial charge in [0.15, 0.2) is 0 Å². The highest BCUT2D eigenvalue weighted by Crippen LogP contribution is 2.27. The van der Waals surface area contributed by atoms with Crippen LogP contribution in [0.1, 0.15) is 18.4 Å². The standard InChI is InChI=1S/C14H14N4S/c1-2-11(1)15-7-10-8-17-18-14(10)9-5-13-12(16-6-9)3-4-19-13/h3-6,8,11,15H,1-2,7H2,(H,17,18). The molecule has 3 aromatic rings. The topological polar surface area (TPSA) is 53.6 Å². The molecule has 0 aromatic carbocycles. The van der Waals surface area contributed by atoms with Gasteiger partial charge < -0.3 is 5.32 Å². The van der Waals surface area contributed by atoms with Crippen LogP contribution in [0.2, 0.25) is 0 Å². The fraction of sp³-hybridized carbons (Fsp3) is 0.286. The van der Waals surface area contributed by atoms with Gasteiger partial charge in [0.1, 0.15) is 0 Å². The Morgan fingerprint density at radius 1 is 1.37 bits per heavy atom. The van der Waals surface area contributed by atoms with Crippen LogP contribution in [0.15, 0.2) is 29.9 Å². The minimum Gasteiger partial charge on any atom is -0.310 e. The predicted molar refractivity (Wildman–Crippen MR) is 77.1 cm³/mol. The van der Waals surface area contributed by atoms with Crippen LogP contribution in [0.5, 0.6) is 0 Å². The van der Waals surface area contributed by atoms with Crippen LogP contribution in [0.3, 0.4) is 0 Å². The molecule has 2 N–H and O–H groups in total. The van der Waals surface area contributed by atoms with Crippen molar-refractivity contribution in [3.8, 4) is 11.3 Å². The van der Waals surface area contributed by atoms with E-state index in [2.05, 4.69) is 31.9 Å². The van der Waals surface area contributed by atoms with Crippen LogP contribution >= 0.6 is 11.3 Å². The maximum atomic E-state index is 4.49. The summed E-state index contributed by atoms with van der Waals surface area (Å²) in [6.45, 7) is 0.874. The summed E-state index contributed by atoms with van der Waals surface area (Å²) >= 11 is 1.72. The Hall–Kier alpha value is -1.72. The Morgan fingerprint density at radius 2 is 2.32 bits per heavy atom. The molecule has 96 valence electrons. The lowest BCUT2D eigenvalue weighted by Gasteiger charge is -2.04. The number of aromatic amines is 1. The van der Waals surface area contributed by atoms with E-state index in [9.17, 15) is 0 Å². The Labute approximate surface area is 114 Å². The highest BCUT2D eigenvalue weighted by Gasteiger charge is 2.21. The van der Waals surface area contributed by atoms with Gasteiger partial charge in [0, 0.05) is 29.9 Å². The maximum absolute atomic E-state index is 4.49. The molecule has 0 bridgehead atoms. The summed E-state index contributed by atoms with van der Waals surface area (Å²) in [7, 11) is 0. The minimum absolute atomic E-state index is 0.709. The van der Waals surface area contributed by atoms with Crippen LogP contribution in [0, 0.1) is 0 Å². The molecule has 0 spiro atoms. The number of pyridine rings is 1. The number of nitrogens with zero attached hydrogens (tertiary/aromatic N) is 2. The molecule has 5 heteroatoms. The molecule has 1 aliphatic carbocycles. The summed E-state index contributed by atoms with van der Waals surface area (Å²) in [6.07, 6.45) is 6.43. The van der Waals surface area contributed by atoms with Crippen molar-refractivity contribution >= 4 is 21.6 Å². The Morgan fingerprint density at radius 3 is 3.21 bits per heavy atom. The molecule has 0 radical (unpaired) electrons. The quantitative estimate of drug-likeness (QED) is 0.766. The molecule has 19 heavy (non-hydrogen) atoms. The molecule has 3 aromatic heterocycles. The van der Waals surface area contributed by atoms with E-state index in [1.54, 1.807) is 11.3 Å². The monoisotopic (exact) mass is 270 g/mol. The van der Waals surface area contributed by atoms with Crippen molar-refractivity contribution in [1.29, 1.82) is 0 Å². The van der Waals surface area contributed by atoms with Crippen molar-refractivity contribution in [3.63, 3.8) is 0 Å². The third-order valence-corrected chi connectivity index (χ3v) is 4.32. The van der Waals surface area contributed by atoms with E-state index in [0.717, 1.165) is 23.3 Å². The van der Waals surface area contributed by atoms with E-state index in [1.807, 2.05) is 18.5 Å². The number of fused-ring (bicyclic) bond motifs is 1. The number of nitrogens with one attached hydrogen (secondary N) is 2. The van der Waals surface area contributed by atoms with Gasteiger partial charge in [0.25, 0.3) is 0 Å². The SMILES string of the molecule is c1cc2ncc(-c3[nH]ncc3CNC3CC3)cc2s1. The zero-order valence-corrected chi connectivity index (χ0v) is 11.2. The second kappa shape index (κ2) is 4.43. The molecule has 0 aliphatic heterocycles. The van der Waals surface area contributed by atoms with Gasteiger partial charge >= 0.3 is 0 Å². The molecule has 3 heterocycles. The number of H-pyrrole nitrogens is 1. The van der Waals surface area contributed by atoms with E-state index in [0.29, 0.717) is 6.04 Å². The number of aromatic nitrogens is 3. The predicted octanol–water partition coefficient (Wildman–Crippen LogP) is 2.94. The molecule has 1 fully saturated rings. The van der Waals surface area contributed by atoms with Gasteiger partial charge in [-0.2, -0.15) is 5.10 Å². The lowest BCUT2D eigenvalue weighted by atomic mass is 10.1. The van der Waals surface area contributed by atoms with Crippen LogP contribution in [0.4, 0.5) is 0 Å². The Bertz CT molecular complexity index is 711. The average molecular weight is 270 g/mol. The first-order chi connectivity index (χ1) is 9.40. The summed E-state index contributed by atoms with van der Waals surface area (Å²) in [5, 5.41) is 12.9. The third-order valence-electron chi connectivity index (χ3n) is 3.47. The van der Waals surface area contributed by atoms with E-state index in [-0.39, 0.29) is 0 Å². The molecule has 0 amide bonds. The fourth-order valence-corrected chi connectivity index (χ4v) is 3.00. The summed E-state index contributed by atoms with van der Waals surface area (Å²) in [6, 6.07) is 4.94. The van der Waals surface area contributed by atoms with Gasteiger partial charge in [-0.15, -0.1) is 11.3 Å². The fourth-order valence-electron chi connectivity index (χ4n) is 2.22.